The number of halogens is 4. The van der Waals surface area contributed by atoms with Crippen LogP contribution in [-0.2, 0) is 6.42 Å². The third-order valence-corrected chi connectivity index (χ3v) is 7.54. The number of aromatic amines is 1. The molecule has 4 aromatic rings. The van der Waals surface area contributed by atoms with Gasteiger partial charge in [0.15, 0.2) is 0 Å². The molecule has 1 aliphatic heterocycles. The quantitative estimate of drug-likeness (QED) is 0.257. The molecule has 1 aliphatic rings. The monoisotopic (exact) mass is 556 g/mol. The smallest absolute Gasteiger partial charge is 0.335 e. The van der Waals surface area contributed by atoms with E-state index in [0.29, 0.717) is 12.1 Å². The number of carboxylic acid groups (broad SMARTS) is 1. The van der Waals surface area contributed by atoms with Crippen molar-refractivity contribution < 1.29 is 27.8 Å². The van der Waals surface area contributed by atoms with Gasteiger partial charge in [-0.05, 0) is 68.7 Å². The predicted molar refractivity (Wildman–Crippen MR) is 146 cm³/mol. The zero-order chi connectivity index (χ0) is 28.2. The van der Waals surface area contributed by atoms with Crippen LogP contribution in [0.5, 0.6) is 5.75 Å². The second-order valence-electron chi connectivity index (χ2n) is 10.6. The van der Waals surface area contributed by atoms with Crippen molar-refractivity contribution in [1.82, 2.24) is 9.88 Å². The summed E-state index contributed by atoms with van der Waals surface area (Å²) in [6.45, 7) is 4.79. The molecule has 2 N–H and O–H groups in total. The fourth-order valence-corrected chi connectivity index (χ4v) is 5.95. The lowest BCUT2D eigenvalue weighted by Gasteiger charge is -2.43. The van der Waals surface area contributed by atoms with Crippen LogP contribution in [0, 0.1) is 11.6 Å². The first kappa shape index (κ1) is 27.1. The van der Waals surface area contributed by atoms with Crippen LogP contribution in [0.15, 0.2) is 48.5 Å². The number of methoxy groups -OCH3 is 1. The second kappa shape index (κ2) is 9.92. The highest BCUT2D eigenvalue weighted by molar-refractivity contribution is 6.34. The molecule has 0 radical (unpaired) electrons. The highest BCUT2D eigenvalue weighted by Crippen LogP contribution is 2.45. The van der Waals surface area contributed by atoms with E-state index in [-0.39, 0.29) is 45.6 Å². The van der Waals surface area contributed by atoms with E-state index >= 15 is 13.2 Å². The first-order valence-corrected chi connectivity index (χ1v) is 12.9. The van der Waals surface area contributed by atoms with Gasteiger partial charge in [-0.15, -0.1) is 0 Å². The summed E-state index contributed by atoms with van der Waals surface area (Å²) in [4.78, 5) is 16.6. The molecule has 0 saturated heterocycles. The Balaban J connectivity index is 1.71. The van der Waals surface area contributed by atoms with E-state index in [4.69, 9.17) is 16.3 Å². The van der Waals surface area contributed by atoms with Gasteiger partial charge in [-0.2, -0.15) is 0 Å². The highest BCUT2D eigenvalue weighted by Gasteiger charge is 2.41. The lowest BCUT2D eigenvalue weighted by atomic mass is 9.86. The third-order valence-electron chi connectivity index (χ3n) is 7.24. The van der Waals surface area contributed by atoms with Crippen LogP contribution >= 0.6 is 11.6 Å². The van der Waals surface area contributed by atoms with Crippen molar-refractivity contribution >= 4 is 28.5 Å². The Bertz CT molecular complexity index is 1570. The summed E-state index contributed by atoms with van der Waals surface area (Å²) in [6.07, 6.45) is 0.593. The van der Waals surface area contributed by atoms with E-state index < -0.39 is 29.3 Å². The Labute approximate surface area is 229 Å². The number of aromatic nitrogens is 1. The maximum atomic E-state index is 16.1. The Morgan fingerprint density at radius 2 is 1.85 bits per heavy atom. The summed E-state index contributed by atoms with van der Waals surface area (Å²) in [6, 6.07) is 11.3. The number of carboxylic acids is 1. The van der Waals surface area contributed by atoms with Gasteiger partial charge in [-0.25, -0.2) is 18.0 Å². The summed E-state index contributed by atoms with van der Waals surface area (Å²) in [5.41, 5.74) is 0.733. The van der Waals surface area contributed by atoms with Crippen molar-refractivity contribution in [2.45, 2.75) is 44.9 Å². The van der Waals surface area contributed by atoms with Crippen molar-refractivity contribution in [3.05, 3.63) is 87.6 Å². The molecule has 39 heavy (non-hydrogen) atoms. The fraction of sp³-hybridized carbons (Fsp3) is 0.300. The van der Waals surface area contributed by atoms with Gasteiger partial charge in [0, 0.05) is 40.3 Å². The molecule has 3 aromatic carbocycles. The summed E-state index contributed by atoms with van der Waals surface area (Å²) in [5.74, 6) is -2.83. The number of hydrogen-bond acceptors (Lipinski definition) is 3. The van der Waals surface area contributed by atoms with E-state index in [2.05, 4.69) is 4.98 Å². The molecule has 0 unspecified atom stereocenters. The number of benzene rings is 3. The number of H-pyrrole nitrogens is 1. The lowest BCUT2D eigenvalue weighted by molar-refractivity contribution is 0.0643. The number of carbonyl (C=O) groups is 1. The number of rotatable bonds is 6. The standard InChI is InChI=1S/C30H28ClF3N2O3/c1-15-9-19-18-7-5-6-8-23(18)35-27(19)28(36(15)14-30(2,3)34)26-21(32)11-16(12-22(26)33)25-20(31)10-17(29(37)38)13-24(25)39-4/h5-8,10-13,15,28,35H,9,14H2,1-4H3,(H,37,38)/t15-,28-/m1/s1. The molecule has 0 aliphatic carbocycles. The zero-order valence-corrected chi connectivity index (χ0v) is 22.7. The summed E-state index contributed by atoms with van der Waals surface area (Å²) < 4.78 is 52.5. The first-order chi connectivity index (χ1) is 18.4. The van der Waals surface area contributed by atoms with Crippen LogP contribution < -0.4 is 4.74 Å². The average Bonchev–Trinajstić information content (AvgIpc) is 3.21. The van der Waals surface area contributed by atoms with Gasteiger partial charge in [0.1, 0.15) is 23.1 Å². The molecule has 1 aromatic heterocycles. The first-order valence-electron chi connectivity index (χ1n) is 12.5. The maximum Gasteiger partial charge on any atom is 0.335 e. The van der Waals surface area contributed by atoms with Crippen molar-refractivity contribution in [2.24, 2.45) is 0 Å². The minimum Gasteiger partial charge on any atom is -0.496 e. The Morgan fingerprint density at radius 1 is 1.18 bits per heavy atom. The van der Waals surface area contributed by atoms with Crippen molar-refractivity contribution in [3.8, 4) is 16.9 Å². The van der Waals surface area contributed by atoms with Gasteiger partial charge in [0.2, 0.25) is 0 Å². The van der Waals surface area contributed by atoms with E-state index in [1.54, 1.807) is 4.90 Å². The number of aromatic carboxylic acids is 1. The van der Waals surface area contributed by atoms with E-state index in [1.165, 1.54) is 33.1 Å². The average molecular weight is 557 g/mol. The number of para-hydroxylation sites is 1. The van der Waals surface area contributed by atoms with Gasteiger partial charge in [0.05, 0.1) is 23.7 Å². The van der Waals surface area contributed by atoms with Crippen LogP contribution in [0.4, 0.5) is 13.2 Å². The summed E-state index contributed by atoms with van der Waals surface area (Å²) in [5, 5.41) is 10.3. The number of fused-ring (bicyclic) bond motifs is 3. The van der Waals surface area contributed by atoms with Crippen LogP contribution in [0.3, 0.4) is 0 Å². The number of hydrogen-bond donors (Lipinski definition) is 2. The van der Waals surface area contributed by atoms with Crippen LogP contribution in [0.25, 0.3) is 22.0 Å². The van der Waals surface area contributed by atoms with Crippen LogP contribution in [0.1, 0.15) is 54.0 Å². The van der Waals surface area contributed by atoms with Gasteiger partial charge < -0.3 is 14.8 Å². The zero-order valence-electron chi connectivity index (χ0n) is 21.9. The number of nitrogens with zero attached hydrogens (tertiary/aromatic N) is 1. The molecule has 2 heterocycles. The molecular formula is C30H28ClF3N2O3. The topological polar surface area (TPSA) is 65.6 Å². The predicted octanol–water partition coefficient (Wildman–Crippen LogP) is 7.56. The van der Waals surface area contributed by atoms with Gasteiger partial charge in [0.25, 0.3) is 0 Å². The lowest BCUT2D eigenvalue weighted by Crippen LogP contribution is -2.48. The van der Waals surface area contributed by atoms with Gasteiger partial charge in [-0.1, -0.05) is 29.8 Å². The minimum atomic E-state index is -1.62. The molecule has 5 nitrogen and oxygen atoms in total. The fourth-order valence-electron chi connectivity index (χ4n) is 5.63. The second-order valence-corrected chi connectivity index (χ2v) is 11.0. The SMILES string of the molecule is COc1cc(C(=O)O)cc(Cl)c1-c1cc(F)c([C@@H]2c3[nH]c4ccccc4c3C[C@@H](C)N2CC(C)(C)F)c(F)c1. The molecule has 0 fully saturated rings. The van der Waals surface area contributed by atoms with E-state index in [9.17, 15) is 9.90 Å². The van der Waals surface area contributed by atoms with Gasteiger partial charge in [-0.3, -0.25) is 4.90 Å². The molecule has 204 valence electrons. The minimum absolute atomic E-state index is 0.0247. The Morgan fingerprint density at radius 3 is 2.46 bits per heavy atom. The molecule has 0 bridgehead atoms. The van der Waals surface area contributed by atoms with Crippen molar-refractivity contribution in [3.63, 3.8) is 0 Å². The Hall–Kier alpha value is -3.49. The third kappa shape index (κ3) is 4.87. The van der Waals surface area contributed by atoms with Gasteiger partial charge >= 0.3 is 5.97 Å². The molecule has 0 amide bonds. The van der Waals surface area contributed by atoms with Crippen molar-refractivity contribution in [2.75, 3.05) is 13.7 Å². The van der Waals surface area contributed by atoms with E-state index in [0.717, 1.165) is 28.6 Å². The number of alkyl halides is 1. The molecule has 5 rings (SSSR count). The van der Waals surface area contributed by atoms with Crippen LogP contribution in [-0.4, -0.2) is 46.3 Å². The maximum absolute atomic E-state index is 16.1. The normalized spacial score (nSPS) is 17.8. The van der Waals surface area contributed by atoms with E-state index in [1.807, 2.05) is 31.2 Å². The Kier molecular flexibility index (Phi) is 6.89. The van der Waals surface area contributed by atoms with Crippen molar-refractivity contribution in [1.29, 1.82) is 0 Å². The molecule has 2 atom stereocenters. The molecule has 9 heteroatoms. The number of nitrogens with one attached hydrogen (secondary N) is 1. The summed E-state index contributed by atoms with van der Waals surface area (Å²) in [7, 11) is 1.32. The largest absolute Gasteiger partial charge is 0.496 e. The number of ether oxygens (including phenoxy) is 1. The van der Waals surface area contributed by atoms with Crippen LogP contribution in [0.2, 0.25) is 5.02 Å². The highest BCUT2D eigenvalue weighted by atomic mass is 35.5. The molecule has 0 saturated carbocycles. The summed E-state index contributed by atoms with van der Waals surface area (Å²) >= 11 is 6.37. The molecular weight excluding hydrogens is 529 g/mol. The molecule has 0 spiro atoms.